The Morgan fingerprint density at radius 1 is 1.03 bits per heavy atom. The number of carbonyl (C=O) groups is 1. The van der Waals surface area contributed by atoms with Gasteiger partial charge in [0.25, 0.3) is 5.69 Å². The van der Waals surface area contributed by atoms with Gasteiger partial charge >= 0.3 is 12.1 Å². The van der Waals surface area contributed by atoms with Crippen molar-refractivity contribution in [2.75, 3.05) is 11.9 Å². The van der Waals surface area contributed by atoms with Crippen molar-refractivity contribution < 1.29 is 28.0 Å². The van der Waals surface area contributed by atoms with E-state index in [9.17, 15) is 33.2 Å². The van der Waals surface area contributed by atoms with Crippen LogP contribution in [0.2, 0.25) is 0 Å². The molecule has 0 amide bonds. The van der Waals surface area contributed by atoms with Crippen LogP contribution in [0.3, 0.4) is 0 Å². The van der Waals surface area contributed by atoms with Gasteiger partial charge in [0.15, 0.2) is 0 Å². The summed E-state index contributed by atoms with van der Waals surface area (Å²) < 4.78 is 38.7. The van der Waals surface area contributed by atoms with E-state index >= 15 is 0 Å². The molecule has 8 nitrogen and oxygen atoms in total. The predicted octanol–water partition coefficient (Wildman–Crippen LogP) is 4.87. The number of nitro groups is 1. The number of hydrogen-bond acceptors (Lipinski definition) is 6. The normalized spacial score (nSPS) is 11.2. The smallest absolute Gasteiger partial charge is 0.416 e. The van der Waals surface area contributed by atoms with Gasteiger partial charge in [0, 0.05) is 29.8 Å². The van der Waals surface area contributed by atoms with Crippen LogP contribution in [0.25, 0.3) is 22.5 Å². The minimum absolute atomic E-state index is 0.0248. The maximum atomic E-state index is 12.9. The SMILES string of the molecule is CCNc1nc(-c2ccc([N+](=O)[O-])cc2)c(C(=O)O)c(-c2ccc(C(F)(F)F)cc2)n1. The third-order valence-electron chi connectivity index (χ3n) is 4.29. The first-order valence-corrected chi connectivity index (χ1v) is 8.93. The van der Waals surface area contributed by atoms with Crippen molar-refractivity contribution in [3.63, 3.8) is 0 Å². The number of hydrogen-bond donors (Lipinski definition) is 2. The second kappa shape index (κ2) is 8.38. The third kappa shape index (κ3) is 4.60. The van der Waals surface area contributed by atoms with Crippen molar-refractivity contribution in [1.82, 2.24) is 9.97 Å². The van der Waals surface area contributed by atoms with E-state index in [-0.39, 0.29) is 39.7 Å². The van der Waals surface area contributed by atoms with Crippen molar-refractivity contribution in [1.29, 1.82) is 0 Å². The van der Waals surface area contributed by atoms with Gasteiger partial charge in [-0.25, -0.2) is 14.8 Å². The van der Waals surface area contributed by atoms with E-state index in [2.05, 4.69) is 15.3 Å². The summed E-state index contributed by atoms with van der Waals surface area (Å²) in [6, 6.07) is 9.03. The lowest BCUT2D eigenvalue weighted by Crippen LogP contribution is -2.11. The molecule has 0 radical (unpaired) electrons. The molecule has 3 aromatic rings. The molecular weight excluding hydrogens is 417 g/mol. The number of nitrogens with zero attached hydrogens (tertiary/aromatic N) is 3. The number of rotatable bonds is 6. The molecule has 0 spiro atoms. The van der Waals surface area contributed by atoms with E-state index in [0.717, 1.165) is 24.3 Å². The second-order valence-electron chi connectivity index (χ2n) is 6.33. The molecule has 0 fully saturated rings. The zero-order chi connectivity index (χ0) is 22.8. The molecule has 2 aromatic carbocycles. The maximum absolute atomic E-state index is 12.9. The van der Waals surface area contributed by atoms with E-state index in [1.54, 1.807) is 6.92 Å². The Balaban J connectivity index is 2.23. The van der Waals surface area contributed by atoms with Gasteiger partial charge in [0.1, 0.15) is 5.56 Å². The summed E-state index contributed by atoms with van der Waals surface area (Å²) in [5.41, 5.74) is -1.10. The molecule has 0 aliphatic rings. The van der Waals surface area contributed by atoms with E-state index in [1.807, 2.05) is 0 Å². The van der Waals surface area contributed by atoms with Gasteiger partial charge in [-0.1, -0.05) is 12.1 Å². The second-order valence-corrected chi connectivity index (χ2v) is 6.33. The van der Waals surface area contributed by atoms with Gasteiger partial charge in [0.05, 0.1) is 21.9 Å². The van der Waals surface area contributed by atoms with Crippen LogP contribution >= 0.6 is 0 Å². The van der Waals surface area contributed by atoms with Crippen LogP contribution in [0.1, 0.15) is 22.8 Å². The summed E-state index contributed by atoms with van der Waals surface area (Å²) >= 11 is 0. The predicted molar refractivity (Wildman–Crippen MR) is 106 cm³/mol. The fourth-order valence-electron chi connectivity index (χ4n) is 2.88. The summed E-state index contributed by atoms with van der Waals surface area (Å²) in [6.45, 7) is 2.16. The van der Waals surface area contributed by atoms with E-state index in [4.69, 9.17) is 0 Å². The summed E-state index contributed by atoms with van der Waals surface area (Å²) in [5, 5.41) is 23.6. The quantitative estimate of drug-likeness (QED) is 0.421. The topological polar surface area (TPSA) is 118 Å². The number of alkyl halides is 3. The molecule has 2 N–H and O–H groups in total. The molecule has 0 aliphatic carbocycles. The van der Waals surface area contributed by atoms with Gasteiger partial charge < -0.3 is 10.4 Å². The highest BCUT2D eigenvalue weighted by molar-refractivity contribution is 6.01. The van der Waals surface area contributed by atoms with Gasteiger partial charge in [-0.3, -0.25) is 10.1 Å². The molecule has 0 atom stereocenters. The molecule has 0 saturated carbocycles. The van der Waals surface area contributed by atoms with Crippen molar-refractivity contribution in [3.8, 4) is 22.5 Å². The number of aromatic nitrogens is 2. The number of carboxylic acids is 1. The van der Waals surface area contributed by atoms with Crippen LogP contribution in [-0.2, 0) is 6.18 Å². The Kier molecular flexibility index (Phi) is 5.86. The highest BCUT2D eigenvalue weighted by Gasteiger charge is 2.30. The molecule has 0 unspecified atom stereocenters. The van der Waals surface area contributed by atoms with Gasteiger partial charge in [-0.05, 0) is 31.2 Å². The Bertz CT molecular complexity index is 1130. The largest absolute Gasteiger partial charge is 0.478 e. The lowest BCUT2D eigenvalue weighted by atomic mass is 9.99. The van der Waals surface area contributed by atoms with Crippen LogP contribution in [0, 0.1) is 10.1 Å². The summed E-state index contributed by atoms with van der Waals surface area (Å²) in [6.07, 6.45) is -4.54. The summed E-state index contributed by atoms with van der Waals surface area (Å²) in [4.78, 5) is 30.8. The molecule has 1 aromatic heterocycles. The number of anilines is 1. The van der Waals surface area contributed by atoms with Gasteiger partial charge in [0.2, 0.25) is 5.95 Å². The first-order valence-electron chi connectivity index (χ1n) is 8.93. The van der Waals surface area contributed by atoms with E-state index in [1.165, 1.54) is 24.3 Å². The Morgan fingerprint density at radius 2 is 1.52 bits per heavy atom. The molecule has 0 bridgehead atoms. The Labute approximate surface area is 173 Å². The van der Waals surface area contributed by atoms with Crippen LogP contribution in [0.15, 0.2) is 48.5 Å². The van der Waals surface area contributed by atoms with Crippen molar-refractivity contribution in [2.24, 2.45) is 0 Å². The zero-order valence-electron chi connectivity index (χ0n) is 16.0. The minimum atomic E-state index is -4.54. The molecule has 11 heteroatoms. The standard InChI is InChI=1S/C20H15F3N4O4/c1-2-24-19-25-16(11-3-7-13(8-4-11)20(21,22)23)15(18(28)29)17(26-19)12-5-9-14(10-6-12)27(30)31/h3-10H,2H2,1H3,(H,28,29)(H,24,25,26). The molecule has 0 saturated heterocycles. The van der Waals surface area contributed by atoms with Gasteiger partial charge in [-0.15, -0.1) is 0 Å². The van der Waals surface area contributed by atoms with Crippen molar-refractivity contribution >= 4 is 17.6 Å². The number of nitrogens with one attached hydrogen (secondary N) is 1. The fourth-order valence-corrected chi connectivity index (χ4v) is 2.88. The lowest BCUT2D eigenvalue weighted by Gasteiger charge is -2.14. The summed E-state index contributed by atoms with van der Waals surface area (Å²) in [7, 11) is 0. The van der Waals surface area contributed by atoms with Crippen LogP contribution < -0.4 is 5.32 Å². The average molecular weight is 432 g/mol. The molecule has 0 aliphatic heterocycles. The first kappa shape index (κ1) is 21.7. The van der Waals surface area contributed by atoms with E-state index in [0.29, 0.717) is 6.54 Å². The number of nitro benzene ring substituents is 1. The van der Waals surface area contributed by atoms with Crippen molar-refractivity contribution in [3.05, 3.63) is 69.8 Å². The Morgan fingerprint density at radius 3 is 1.90 bits per heavy atom. The Hall–Kier alpha value is -4.02. The molecule has 3 rings (SSSR count). The van der Waals surface area contributed by atoms with Gasteiger partial charge in [-0.2, -0.15) is 13.2 Å². The van der Waals surface area contributed by atoms with Crippen molar-refractivity contribution in [2.45, 2.75) is 13.1 Å². The monoisotopic (exact) mass is 432 g/mol. The number of benzene rings is 2. The number of non-ortho nitro benzene ring substituents is 1. The summed E-state index contributed by atoms with van der Waals surface area (Å²) in [5.74, 6) is -1.33. The minimum Gasteiger partial charge on any atom is -0.478 e. The third-order valence-corrected chi connectivity index (χ3v) is 4.29. The number of aromatic carboxylic acids is 1. The van der Waals surface area contributed by atoms with E-state index < -0.39 is 22.6 Å². The lowest BCUT2D eigenvalue weighted by molar-refractivity contribution is -0.384. The number of halogens is 3. The highest BCUT2D eigenvalue weighted by Crippen LogP contribution is 2.34. The first-order chi connectivity index (χ1) is 14.6. The maximum Gasteiger partial charge on any atom is 0.416 e. The average Bonchev–Trinajstić information content (AvgIpc) is 2.72. The van der Waals surface area contributed by atoms with Crippen LogP contribution in [-0.4, -0.2) is 32.5 Å². The molecule has 160 valence electrons. The fraction of sp³-hybridized carbons (Fsp3) is 0.150. The van der Waals surface area contributed by atoms with Crippen LogP contribution in [0.4, 0.5) is 24.8 Å². The van der Waals surface area contributed by atoms with Crippen LogP contribution in [0.5, 0.6) is 0 Å². The highest BCUT2D eigenvalue weighted by atomic mass is 19.4. The number of carboxylic acid groups (broad SMARTS) is 1. The zero-order valence-corrected chi connectivity index (χ0v) is 16.0. The molecule has 1 heterocycles. The molecule has 31 heavy (non-hydrogen) atoms. The molecular formula is C20H15F3N4O4.